The second-order valence-electron chi connectivity index (χ2n) is 8.54. The molecule has 0 aliphatic carbocycles. The van der Waals surface area contributed by atoms with Crippen LogP contribution in [0.1, 0.15) is 18.3 Å². The van der Waals surface area contributed by atoms with E-state index in [1.165, 1.54) is 31.0 Å². The van der Waals surface area contributed by atoms with Crippen molar-refractivity contribution < 1.29 is 8.78 Å². The maximum absolute atomic E-state index is 13.9. The third-order valence-electron chi connectivity index (χ3n) is 5.69. The third-order valence-corrected chi connectivity index (χ3v) is 5.69. The quantitative estimate of drug-likeness (QED) is 0.456. The first-order valence-corrected chi connectivity index (χ1v) is 9.93. The highest BCUT2D eigenvalue weighted by Crippen LogP contribution is 2.38. The highest BCUT2D eigenvalue weighted by Gasteiger charge is 2.42. The zero-order valence-corrected chi connectivity index (χ0v) is 18.1. The minimum absolute atomic E-state index is 0.0156. The summed E-state index contributed by atoms with van der Waals surface area (Å²) in [6.07, 6.45) is 6.53. The van der Waals surface area contributed by atoms with E-state index in [4.69, 9.17) is 0 Å². The van der Waals surface area contributed by atoms with E-state index in [0.29, 0.717) is 28.4 Å². The van der Waals surface area contributed by atoms with Gasteiger partial charge in [0.25, 0.3) is 5.56 Å². The molecule has 0 fully saturated rings. The maximum atomic E-state index is 13.9. The van der Waals surface area contributed by atoms with Crippen LogP contribution in [0.15, 0.2) is 47.8 Å². The van der Waals surface area contributed by atoms with Gasteiger partial charge >= 0.3 is 0 Å². The number of rotatable bonds is 5. The summed E-state index contributed by atoms with van der Waals surface area (Å²) in [6, 6.07) is 5.53. The average molecular weight is 422 g/mol. The van der Waals surface area contributed by atoms with Gasteiger partial charge in [0.2, 0.25) is 11.7 Å². The Bertz CT molecular complexity index is 1320. The molecule has 4 aromatic rings. The highest BCUT2D eigenvalue weighted by atomic mass is 19.3. The lowest BCUT2D eigenvalue weighted by Crippen LogP contribution is -2.37. The number of imidazole rings is 1. The van der Waals surface area contributed by atoms with E-state index >= 15 is 0 Å². The van der Waals surface area contributed by atoms with Crippen LogP contribution in [0.5, 0.6) is 0 Å². The SMILES string of the molecule is BC(B)(Cn1cc(-c2c(C)nc3n(-c4ccccn4)c(C)cn3c2=O)cn1)C(C)(F)F. The molecule has 0 amide bonds. The van der Waals surface area contributed by atoms with Gasteiger partial charge in [-0.3, -0.25) is 18.4 Å². The molecular weight excluding hydrogens is 400 g/mol. The molecule has 0 saturated carbocycles. The molecule has 7 nitrogen and oxygen atoms in total. The lowest BCUT2D eigenvalue weighted by molar-refractivity contribution is -0.00609. The van der Waals surface area contributed by atoms with Gasteiger partial charge in [-0.2, -0.15) is 5.10 Å². The number of aryl methyl sites for hydroxylation is 2. The van der Waals surface area contributed by atoms with Crippen molar-refractivity contribution in [1.29, 1.82) is 0 Å². The molecule has 0 N–H and O–H groups in total. The minimum atomic E-state index is -2.87. The molecule has 4 rings (SSSR count). The molecule has 0 spiro atoms. The first-order chi connectivity index (χ1) is 14.5. The van der Waals surface area contributed by atoms with Crippen LogP contribution in [-0.4, -0.2) is 50.3 Å². The lowest BCUT2D eigenvalue weighted by atomic mass is 9.51. The van der Waals surface area contributed by atoms with E-state index < -0.39 is 11.1 Å². The van der Waals surface area contributed by atoms with Crippen LogP contribution in [0.3, 0.4) is 0 Å². The standard InChI is InChI=1S/C20H22B2F2N6O/c1-12-9-29-17(31)16(13(2)27-18(29)30(12)15-6-4-5-7-25-15)14-8-26-28(10-14)11-20(21,22)19(3,23)24/h4-10H,11,21-22H2,1-3H3. The summed E-state index contributed by atoms with van der Waals surface area (Å²) in [6.45, 7) is 4.55. The van der Waals surface area contributed by atoms with Crippen molar-refractivity contribution in [3.63, 3.8) is 0 Å². The van der Waals surface area contributed by atoms with E-state index in [1.54, 1.807) is 25.5 Å². The molecule has 4 aromatic heterocycles. The van der Waals surface area contributed by atoms with Crippen LogP contribution in [0, 0.1) is 13.8 Å². The Hall–Kier alpha value is -3.23. The predicted molar refractivity (Wildman–Crippen MR) is 120 cm³/mol. The number of nitrogens with zero attached hydrogens (tertiary/aromatic N) is 6. The average Bonchev–Trinajstić information content (AvgIpc) is 3.25. The van der Waals surface area contributed by atoms with Crippen LogP contribution in [0.4, 0.5) is 8.78 Å². The molecule has 0 unspecified atom stereocenters. The lowest BCUT2D eigenvalue weighted by Gasteiger charge is -2.31. The maximum Gasteiger partial charge on any atom is 0.267 e. The number of aromatic nitrogens is 6. The molecule has 4 heterocycles. The number of halogens is 2. The van der Waals surface area contributed by atoms with E-state index in [-0.39, 0.29) is 12.1 Å². The largest absolute Gasteiger partial charge is 0.273 e. The monoisotopic (exact) mass is 422 g/mol. The van der Waals surface area contributed by atoms with Gasteiger partial charge in [-0.25, -0.2) is 18.7 Å². The van der Waals surface area contributed by atoms with Gasteiger partial charge in [0, 0.05) is 36.4 Å². The van der Waals surface area contributed by atoms with Gasteiger partial charge in [-0.15, -0.1) is 0 Å². The molecule has 11 heteroatoms. The van der Waals surface area contributed by atoms with Crippen molar-refractivity contribution in [2.75, 3.05) is 0 Å². The molecule has 0 aromatic carbocycles. The fraction of sp³-hybridized carbons (Fsp3) is 0.300. The van der Waals surface area contributed by atoms with E-state index in [1.807, 2.05) is 29.7 Å². The second kappa shape index (κ2) is 7.18. The third kappa shape index (κ3) is 3.58. The van der Waals surface area contributed by atoms with Gasteiger partial charge in [-0.1, -0.05) is 6.07 Å². The summed E-state index contributed by atoms with van der Waals surface area (Å²) in [5, 5.41) is 2.92. The number of pyridine rings is 1. The summed E-state index contributed by atoms with van der Waals surface area (Å²) in [5.41, 5.74) is 2.02. The topological polar surface area (TPSA) is 70.0 Å². The molecular formula is C20H22B2F2N6O. The molecule has 158 valence electrons. The molecule has 0 bridgehead atoms. The highest BCUT2D eigenvalue weighted by molar-refractivity contribution is 6.40. The van der Waals surface area contributed by atoms with Gasteiger partial charge in [0.05, 0.1) is 17.5 Å². The Balaban J connectivity index is 1.81. The molecule has 0 radical (unpaired) electrons. The van der Waals surface area contributed by atoms with Crippen molar-refractivity contribution in [3.05, 3.63) is 64.7 Å². The fourth-order valence-corrected chi connectivity index (χ4v) is 3.53. The van der Waals surface area contributed by atoms with Crippen molar-refractivity contribution in [3.8, 4) is 16.9 Å². The van der Waals surface area contributed by atoms with Crippen LogP contribution < -0.4 is 5.56 Å². The Kier molecular flexibility index (Phi) is 4.87. The molecule has 0 saturated heterocycles. The fourth-order valence-electron chi connectivity index (χ4n) is 3.53. The Morgan fingerprint density at radius 1 is 1.16 bits per heavy atom. The van der Waals surface area contributed by atoms with Crippen molar-refractivity contribution >= 4 is 21.5 Å². The molecule has 0 atom stereocenters. The molecule has 0 aliphatic rings. The Morgan fingerprint density at radius 2 is 1.90 bits per heavy atom. The van der Waals surface area contributed by atoms with Crippen molar-refractivity contribution in [2.24, 2.45) is 0 Å². The minimum Gasteiger partial charge on any atom is -0.273 e. The second-order valence-corrected chi connectivity index (χ2v) is 8.54. The van der Waals surface area contributed by atoms with Crippen LogP contribution in [-0.2, 0) is 6.54 Å². The predicted octanol–water partition coefficient (Wildman–Crippen LogP) is 1.40. The van der Waals surface area contributed by atoms with Gasteiger partial charge in [0.1, 0.15) is 21.5 Å². The van der Waals surface area contributed by atoms with Gasteiger partial charge < -0.3 is 0 Å². The van der Waals surface area contributed by atoms with Crippen molar-refractivity contribution in [1.82, 2.24) is 28.7 Å². The number of alkyl halides is 2. The zero-order valence-electron chi connectivity index (χ0n) is 18.1. The summed E-state index contributed by atoms with van der Waals surface area (Å²) in [5.74, 6) is -1.75. The zero-order chi connectivity index (χ0) is 22.6. The van der Waals surface area contributed by atoms with Crippen LogP contribution >= 0.6 is 0 Å². The van der Waals surface area contributed by atoms with Crippen LogP contribution in [0.2, 0.25) is 5.21 Å². The number of fused-ring (bicyclic) bond motifs is 1. The first kappa shape index (κ1) is 21.0. The summed E-state index contributed by atoms with van der Waals surface area (Å²) >= 11 is 0. The van der Waals surface area contributed by atoms with Crippen molar-refractivity contribution in [2.45, 2.75) is 38.5 Å². The number of hydrogen-bond donors (Lipinski definition) is 0. The smallest absolute Gasteiger partial charge is 0.267 e. The Morgan fingerprint density at radius 3 is 2.55 bits per heavy atom. The molecule has 0 aliphatic heterocycles. The summed E-state index contributed by atoms with van der Waals surface area (Å²) in [4.78, 5) is 22.4. The molecule has 31 heavy (non-hydrogen) atoms. The van der Waals surface area contributed by atoms with E-state index in [9.17, 15) is 13.6 Å². The van der Waals surface area contributed by atoms with Gasteiger partial charge in [0.15, 0.2) is 0 Å². The number of hydrogen-bond acceptors (Lipinski definition) is 4. The van der Waals surface area contributed by atoms with Crippen LogP contribution in [0.25, 0.3) is 22.7 Å². The van der Waals surface area contributed by atoms with Gasteiger partial charge in [-0.05, 0) is 38.1 Å². The van der Waals surface area contributed by atoms with E-state index in [0.717, 1.165) is 12.6 Å². The van der Waals surface area contributed by atoms with E-state index in [2.05, 4.69) is 15.1 Å². The first-order valence-electron chi connectivity index (χ1n) is 9.93. The normalized spacial score (nSPS) is 12.5. The summed E-state index contributed by atoms with van der Waals surface area (Å²) < 4.78 is 32.5. The summed E-state index contributed by atoms with van der Waals surface area (Å²) in [7, 11) is 2.98. The Labute approximate surface area is 179 Å².